The van der Waals surface area contributed by atoms with E-state index >= 15 is 0 Å². The van der Waals surface area contributed by atoms with Crippen molar-refractivity contribution in [2.45, 2.75) is 5.75 Å². The first-order valence-electron chi connectivity index (χ1n) is 4.90. The smallest absolute Gasteiger partial charge is 0.258 e. The molecule has 0 saturated heterocycles. The number of nitrogens with zero attached hydrogens (tertiary/aromatic N) is 2. The zero-order valence-corrected chi connectivity index (χ0v) is 13.1. The third-order valence-corrected chi connectivity index (χ3v) is 8.64. The monoisotopic (exact) mass is 322 g/mol. The molecule has 0 atom stereocenters. The van der Waals surface area contributed by atoms with Gasteiger partial charge in [0.25, 0.3) is 5.56 Å². The summed E-state index contributed by atoms with van der Waals surface area (Å²) in [5, 5.41) is 1.83. The molecule has 9 heteroatoms. The molecule has 0 N–H and O–H groups in total. The van der Waals surface area contributed by atoms with Crippen LogP contribution in [0, 0.1) is 0 Å². The van der Waals surface area contributed by atoms with E-state index in [1.807, 2.05) is 5.38 Å². The Balaban J connectivity index is 2.22. The molecule has 0 saturated carbocycles. The first kappa shape index (κ1) is 14.2. The second kappa shape index (κ2) is 5.81. The molecule has 2 aromatic rings. The molecular formula is C9H11N2O3PS3. The minimum absolute atomic E-state index is 0.0833. The molecule has 0 aliphatic heterocycles. The normalized spacial score (nSPS) is 12.1. The highest BCUT2D eigenvalue weighted by atomic mass is 32.9. The lowest BCUT2D eigenvalue weighted by Gasteiger charge is -2.15. The van der Waals surface area contributed by atoms with Gasteiger partial charge in [-0.3, -0.25) is 9.20 Å². The Morgan fingerprint density at radius 2 is 2.28 bits per heavy atom. The SMILES string of the molecule is COP(=S)(OC)SCc1cc(=O)n2ccsc2n1. The van der Waals surface area contributed by atoms with E-state index in [2.05, 4.69) is 4.98 Å². The molecule has 0 radical (unpaired) electrons. The standard InChI is InChI=1S/C9H11N2O3PS3/c1-13-15(16,14-2)18-6-7-5-8(12)11-3-4-17-9(11)10-7/h3-5H,6H2,1-2H3. The molecule has 2 rings (SSSR count). The minimum Gasteiger partial charge on any atom is -0.325 e. The van der Waals surface area contributed by atoms with Crippen molar-refractivity contribution in [3.05, 3.63) is 33.7 Å². The van der Waals surface area contributed by atoms with Gasteiger partial charge in [0.2, 0.25) is 5.69 Å². The van der Waals surface area contributed by atoms with Crippen LogP contribution in [-0.2, 0) is 26.6 Å². The van der Waals surface area contributed by atoms with E-state index in [0.29, 0.717) is 16.4 Å². The average molecular weight is 322 g/mol. The first-order chi connectivity index (χ1) is 8.58. The molecule has 0 unspecified atom stereocenters. The summed E-state index contributed by atoms with van der Waals surface area (Å²) in [5.41, 5.74) is -1.70. The Labute approximate surface area is 117 Å². The van der Waals surface area contributed by atoms with Crippen LogP contribution in [0.25, 0.3) is 4.96 Å². The fraction of sp³-hybridized carbons (Fsp3) is 0.333. The van der Waals surface area contributed by atoms with Crippen LogP contribution in [0.3, 0.4) is 0 Å². The van der Waals surface area contributed by atoms with Gasteiger partial charge < -0.3 is 9.05 Å². The summed E-state index contributed by atoms with van der Waals surface area (Å²) >= 11 is 8.03. The van der Waals surface area contributed by atoms with Crippen LogP contribution in [0.15, 0.2) is 22.4 Å². The molecule has 0 bridgehead atoms. The second-order valence-electron chi connectivity index (χ2n) is 3.23. The van der Waals surface area contributed by atoms with E-state index in [1.165, 1.54) is 47.4 Å². The van der Waals surface area contributed by atoms with Crippen molar-refractivity contribution >= 4 is 45.2 Å². The Morgan fingerprint density at radius 3 is 2.94 bits per heavy atom. The molecule has 0 amide bonds. The highest BCUT2D eigenvalue weighted by Crippen LogP contribution is 2.60. The number of rotatable bonds is 5. The van der Waals surface area contributed by atoms with Crippen LogP contribution in [0.2, 0.25) is 0 Å². The lowest BCUT2D eigenvalue weighted by atomic mass is 10.4. The van der Waals surface area contributed by atoms with Crippen molar-refractivity contribution in [1.82, 2.24) is 9.38 Å². The van der Waals surface area contributed by atoms with Crippen LogP contribution in [0.4, 0.5) is 0 Å². The molecule has 0 fully saturated rings. The second-order valence-corrected chi connectivity index (χ2v) is 10.6. The van der Waals surface area contributed by atoms with Gasteiger partial charge in [-0.15, -0.1) is 11.3 Å². The van der Waals surface area contributed by atoms with E-state index in [1.54, 1.807) is 6.20 Å². The molecule has 0 spiro atoms. The molecule has 2 heterocycles. The maximum Gasteiger partial charge on any atom is 0.258 e. The van der Waals surface area contributed by atoms with Crippen molar-refractivity contribution in [3.63, 3.8) is 0 Å². The number of hydrogen-bond donors (Lipinski definition) is 0. The first-order valence-corrected chi connectivity index (χ1v) is 10.0. The predicted molar refractivity (Wildman–Crippen MR) is 78.9 cm³/mol. The lowest BCUT2D eigenvalue weighted by molar-refractivity contribution is 0.354. The summed E-state index contributed by atoms with van der Waals surface area (Å²) in [6.45, 7) is 0. The third kappa shape index (κ3) is 3.01. The van der Waals surface area contributed by atoms with Crippen LogP contribution in [-0.4, -0.2) is 23.6 Å². The number of fused-ring (bicyclic) bond motifs is 1. The maximum atomic E-state index is 11.8. The van der Waals surface area contributed by atoms with Gasteiger partial charge in [-0.05, 0) is 11.8 Å². The fourth-order valence-electron chi connectivity index (χ4n) is 1.29. The van der Waals surface area contributed by atoms with E-state index in [-0.39, 0.29) is 5.56 Å². The molecule has 0 aliphatic carbocycles. The molecule has 0 aliphatic rings. The quantitative estimate of drug-likeness (QED) is 0.789. The van der Waals surface area contributed by atoms with Gasteiger partial charge in [0.05, 0.1) is 5.69 Å². The van der Waals surface area contributed by atoms with Gasteiger partial charge in [0.1, 0.15) is 0 Å². The summed E-state index contributed by atoms with van der Waals surface area (Å²) in [5.74, 6) is 0.503. The fourth-order valence-corrected chi connectivity index (χ4v) is 4.80. The molecule has 98 valence electrons. The van der Waals surface area contributed by atoms with Crippen LogP contribution < -0.4 is 5.56 Å². The van der Waals surface area contributed by atoms with Gasteiger partial charge in [0.15, 0.2) is 4.96 Å². The lowest BCUT2D eigenvalue weighted by Crippen LogP contribution is -2.12. The van der Waals surface area contributed by atoms with Crippen LogP contribution >= 0.6 is 28.4 Å². The Kier molecular flexibility index (Phi) is 4.58. The van der Waals surface area contributed by atoms with Gasteiger partial charge >= 0.3 is 0 Å². The van der Waals surface area contributed by atoms with E-state index in [9.17, 15) is 4.79 Å². The highest BCUT2D eigenvalue weighted by Gasteiger charge is 2.17. The largest absolute Gasteiger partial charge is 0.325 e. The number of aromatic nitrogens is 2. The highest BCUT2D eigenvalue weighted by molar-refractivity contribution is 8.67. The van der Waals surface area contributed by atoms with Crippen molar-refractivity contribution < 1.29 is 9.05 Å². The van der Waals surface area contributed by atoms with Gasteiger partial charge in [-0.1, -0.05) is 11.4 Å². The van der Waals surface area contributed by atoms with Crippen molar-refractivity contribution in [3.8, 4) is 0 Å². The number of hydrogen-bond acceptors (Lipinski definition) is 7. The molecule has 18 heavy (non-hydrogen) atoms. The van der Waals surface area contributed by atoms with Crippen molar-refractivity contribution in [2.24, 2.45) is 0 Å². The third-order valence-electron chi connectivity index (χ3n) is 2.17. The summed E-state index contributed by atoms with van der Waals surface area (Å²) in [4.78, 5) is 16.8. The Morgan fingerprint density at radius 1 is 1.56 bits per heavy atom. The zero-order chi connectivity index (χ0) is 13.2. The number of thiazole rings is 1. The Hall–Kier alpha value is -0.240. The van der Waals surface area contributed by atoms with Gasteiger partial charge in [-0.25, -0.2) is 4.98 Å². The molecule has 2 aromatic heterocycles. The van der Waals surface area contributed by atoms with Crippen molar-refractivity contribution in [1.29, 1.82) is 0 Å². The van der Waals surface area contributed by atoms with E-state index in [0.717, 1.165) is 0 Å². The zero-order valence-electron chi connectivity index (χ0n) is 9.73. The average Bonchev–Trinajstić information content (AvgIpc) is 2.85. The molecular weight excluding hydrogens is 311 g/mol. The van der Waals surface area contributed by atoms with E-state index < -0.39 is 5.69 Å². The van der Waals surface area contributed by atoms with Crippen LogP contribution in [0.1, 0.15) is 5.69 Å². The predicted octanol–water partition coefficient (Wildman–Crippen LogP) is 2.51. The van der Waals surface area contributed by atoms with Crippen LogP contribution in [0.5, 0.6) is 0 Å². The van der Waals surface area contributed by atoms with E-state index in [4.69, 9.17) is 20.9 Å². The summed E-state index contributed by atoms with van der Waals surface area (Å²) < 4.78 is 11.9. The maximum absolute atomic E-state index is 11.8. The summed E-state index contributed by atoms with van der Waals surface area (Å²) in [7, 11) is 3.06. The molecule has 0 aromatic carbocycles. The van der Waals surface area contributed by atoms with Gasteiger partial charge in [0, 0.05) is 37.6 Å². The Bertz CT molecular complexity index is 646. The summed E-state index contributed by atoms with van der Waals surface area (Å²) in [6.07, 6.45) is 1.71. The minimum atomic E-state index is -2.30. The topological polar surface area (TPSA) is 52.8 Å². The molecule has 5 nitrogen and oxygen atoms in total. The van der Waals surface area contributed by atoms with Crippen molar-refractivity contribution in [2.75, 3.05) is 14.2 Å². The summed E-state index contributed by atoms with van der Waals surface area (Å²) in [6, 6.07) is 1.51. The van der Waals surface area contributed by atoms with Gasteiger partial charge in [-0.2, -0.15) is 0 Å².